The molecule has 0 bridgehead atoms. The van der Waals surface area contributed by atoms with Crippen LogP contribution in [0.1, 0.15) is 24.4 Å². The topological polar surface area (TPSA) is 38.1 Å². The number of nitrogens with zero attached hydrogens (tertiary/aromatic N) is 1. The Hall–Kier alpha value is -2.20. The fraction of sp³-hybridized carbons (Fsp3) is 0.188. The summed E-state index contributed by atoms with van der Waals surface area (Å²) in [6.45, 7) is 2.66. The third-order valence-electron chi connectivity index (χ3n) is 3.20. The van der Waals surface area contributed by atoms with Gasteiger partial charge in [-0.15, -0.1) is 0 Å². The van der Waals surface area contributed by atoms with Crippen LogP contribution in [0.5, 0.6) is 0 Å². The van der Waals surface area contributed by atoms with Crippen LogP contribution in [0.2, 0.25) is 0 Å². The SMILES string of the molecule is CCNC(c1cc2ccccc2o1)c1ncccc1F. The second-order valence-corrected chi connectivity index (χ2v) is 4.55. The minimum Gasteiger partial charge on any atom is -0.459 e. The second kappa shape index (κ2) is 5.43. The van der Waals surface area contributed by atoms with E-state index in [-0.39, 0.29) is 11.9 Å². The normalized spacial score (nSPS) is 12.7. The van der Waals surface area contributed by atoms with Crippen LogP contribution in [0.4, 0.5) is 4.39 Å². The van der Waals surface area contributed by atoms with Crippen molar-refractivity contribution in [2.45, 2.75) is 13.0 Å². The minimum absolute atomic E-state index is 0.334. The molecule has 0 aliphatic heterocycles. The van der Waals surface area contributed by atoms with Crippen molar-refractivity contribution >= 4 is 11.0 Å². The van der Waals surface area contributed by atoms with Crippen LogP contribution in [0, 0.1) is 5.82 Å². The van der Waals surface area contributed by atoms with Crippen molar-refractivity contribution < 1.29 is 8.81 Å². The average molecular weight is 270 g/mol. The van der Waals surface area contributed by atoms with Crippen LogP contribution in [-0.4, -0.2) is 11.5 Å². The van der Waals surface area contributed by atoms with E-state index in [1.165, 1.54) is 6.07 Å². The van der Waals surface area contributed by atoms with Gasteiger partial charge in [0.1, 0.15) is 28.9 Å². The quantitative estimate of drug-likeness (QED) is 0.786. The summed E-state index contributed by atoms with van der Waals surface area (Å²) in [6.07, 6.45) is 1.59. The first-order valence-electron chi connectivity index (χ1n) is 6.62. The first-order valence-corrected chi connectivity index (χ1v) is 6.62. The van der Waals surface area contributed by atoms with Gasteiger partial charge in [0.05, 0.1) is 0 Å². The Bertz CT molecular complexity index is 690. The van der Waals surface area contributed by atoms with Gasteiger partial charge in [-0.2, -0.15) is 0 Å². The largest absolute Gasteiger partial charge is 0.459 e. The van der Waals surface area contributed by atoms with Crippen molar-refractivity contribution in [3.63, 3.8) is 0 Å². The number of aromatic nitrogens is 1. The molecule has 102 valence electrons. The summed E-state index contributed by atoms with van der Waals surface area (Å²) in [5.41, 5.74) is 1.15. The van der Waals surface area contributed by atoms with E-state index >= 15 is 0 Å². The Morgan fingerprint density at radius 1 is 1.25 bits per heavy atom. The van der Waals surface area contributed by atoms with Gasteiger partial charge in [0.25, 0.3) is 0 Å². The minimum atomic E-state index is -0.381. The number of rotatable bonds is 4. The van der Waals surface area contributed by atoms with Gasteiger partial charge < -0.3 is 9.73 Å². The molecular formula is C16H15FN2O. The van der Waals surface area contributed by atoms with Crippen LogP contribution in [0.15, 0.2) is 53.1 Å². The van der Waals surface area contributed by atoms with Crippen LogP contribution in [-0.2, 0) is 0 Å². The maximum Gasteiger partial charge on any atom is 0.146 e. The molecule has 0 saturated heterocycles. The van der Waals surface area contributed by atoms with Crippen LogP contribution >= 0.6 is 0 Å². The Kier molecular flexibility index (Phi) is 3.48. The molecule has 0 amide bonds. The van der Waals surface area contributed by atoms with Gasteiger partial charge in [-0.3, -0.25) is 4.98 Å². The maximum absolute atomic E-state index is 14.0. The van der Waals surface area contributed by atoms with Gasteiger partial charge in [-0.1, -0.05) is 25.1 Å². The lowest BCUT2D eigenvalue weighted by Gasteiger charge is -2.15. The van der Waals surface area contributed by atoms with Crippen molar-refractivity contribution in [3.8, 4) is 0 Å². The number of hydrogen-bond donors (Lipinski definition) is 1. The molecule has 4 heteroatoms. The molecule has 20 heavy (non-hydrogen) atoms. The number of benzene rings is 1. The molecule has 0 aliphatic carbocycles. The zero-order valence-electron chi connectivity index (χ0n) is 11.1. The summed E-state index contributed by atoms with van der Waals surface area (Å²) in [6, 6.07) is 12.3. The van der Waals surface area contributed by atoms with Crippen molar-refractivity contribution in [2.24, 2.45) is 0 Å². The number of pyridine rings is 1. The van der Waals surface area contributed by atoms with E-state index < -0.39 is 0 Å². The number of halogens is 1. The monoisotopic (exact) mass is 270 g/mol. The molecule has 3 aromatic rings. The van der Waals surface area contributed by atoms with Crippen molar-refractivity contribution in [3.05, 3.63) is 65.9 Å². The fourth-order valence-electron chi connectivity index (χ4n) is 2.29. The molecule has 1 unspecified atom stereocenters. The molecule has 3 nitrogen and oxygen atoms in total. The van der Waals surface area contributed by atoms with Crippen molar-refractivity contribution in [2.75, 3.05) is 6.54 Å². The third kappa shape index (κ3) is 2.30. The predicted octanol–water partition coefficient (Wildman–Crippen LogP) is 3.67. The highest BCUT2D eigenvalue weighted by atomic mass is 19.1. The van der Waals surface area contributed by atoms with E-state index in [9.17, 15) is 4.39 Å². The number of furan rings is 1. The van der Waals surface area contributed by atoms with Gasteiger partial charge in [0.15, 0.2) is 0 Å². The Balaban J connectivity index is 2.08. The number of nitrogens with one attached hydrogen (secondary N) is 1. The summed E-state index contributed by atoms with van der Waals surface area (Å²) < 4.78 is 19.8. The van der Waals surface area contributed by atoms with Crippen LogP contribution < -0.4 is 5.32 Å². The van der Waals surface area contributed by atoms with Crippen LogP contribution in [0.25, 0.3) is 11.0 Å². The predicted molar refractivity (Wildman–Crippen MR) is 75.9 cm³/mol. The standard InChI is InChI=1S/C16H15FN2O/c1-2-18-16(15-12(17)7-5-9-19-15)14-10-11-6-3-4-8-13(11)20-14/h3-10,16,18H,2H2,1H3. The Labute approximate surface area is 116 Å². The highest BCUT2D eigenvalue weighted by Gasteiger charge is 2.21. The smallest absolute Gasteiger partial charge is 0.146 e. The van der Waals surface area contributed by atoms with E-state index in [4.69, 9.17) is 4.42 Å². The van der Waals surface area contributed by atoms with Gasteiger partial charge >= 0.3 is 0 Å². The molecule has 2 aromatic heterocycles. The summed E-state index contributed by atoms with van der Waals surface area (Å²) in [5.74, 6) is 0.338. The highest BCUT2D eigenvalue weighted by molar-refractivity contribution is 5.77. The molecule has 0 radical (unpaired) electrons. The number of para-hydroxylation sites is 1. The zero-order chi connectivity index (χ0) is 13.9. The fourth-order valence-corrected chi connectivity index (χ4v) is 2.29. The van der Waals surface area contributed by atoms with Crippen molar-refractivity contribution in [1.82, 2.24) is 10.3 Å². The van der Waals surface area contributed by atoms with Gasteiger partial charge in [0, 0.05) is 11.6 Å². The Morgan fingerprint density at radius 2 is 2.10 bits per heavy atom. The first kappa shape index (κ1) is 12.8. The van der Waals surface area contributed by atoms with Gasteiger partial charge in [0.2, 0.25) is 0 Å². The summed E-state index contributed by atoms with van der Waals surface area (Å²) in [4.78, 5) is 4.15. The van der Waals surface area contributed by atoms with Crippen molar-refractivity contribution in [1.29, 1.82) is 0 Å². The van der Waals surface area contributed by atoms with E-state index in [2.05, 4.69) is 10.3 Å². The molecule has 3 rings (SSSR count). The molecule has 0 saturated carbocycles. The third-order valence-corrected chi connectivity index (χ3v) is 3.20. The van der Waals surface area contributed by atoms with E-state index in [1.54, 1.807) is 12.3 Å². The van der Waals surface area contributed by atoms with E-state index in [0.29, 0.717) is 18.0 Å². The highest BCUT2D eigenvalue weighted by Crippen LogP contribution is 2.28. The summed E-state index contributed by atoms with van der Waals surface area (Å²) in [7, 11) is 0. The van der Waals surface area contributed by atoms with Gasteiger partial charge in [-0.05, 0) is 30.8 Å². The number of hydrogen-bond acceptors (Lipinski definition) is 3. The Morgan fingerprint density at radius 3 is 2.85 bits per heavy atom. The maximum atomic E-state index is 14.0. The lowest BCUT2D eigenvalue weighted by Crippen LogP contribution is -2.23. The van der Waals surface area contributed by atoms with Crippen LogP contribution in [0.3, 0.4) is 0 Å². The molecule has 2 heterocycles. The lowest BCUT2D eigenvalue weighted by atomic mass is 10.1. The molecule has 1 N–H and O–H groups in total. The zero-order valence-corrected chi connectivity index (χ0v) is 11.1. The number of fused-ring (bicyclic) bond motifs is 1. The molecule has 0 fully saturated rings. The average Bonchev–Trinajstić information content (AvgIpc) is 2.89. The molecule has 1 atom stereocenters. The molecule has 0 spiro atoms. The first-order chi connectivity index (χ1) is 9.79. The molecular weight excluding hydrogens is 255 g/mol. The second-order valence-electron chi connectivity index (χ2n) is 4.55. The summed E-state index contributed by atoms with van der Waals surface area (Å²) in [5, 5.41) is 4.22. The van der Waals surface area contributed by atoms with E-state index in [0.717, 1.165) is 11.0 Å². The lowest BCUT2D eigenvalue weighted by molar-refractivity contribution is 0.454. The molecule has 1 aromatic carbocycles. The molecule has 0 aliphatic rings. The summed E-state index contributed by atoms with van der Waals surface area (Å²) >= 11 is 0. The van der Waals surface area contributed by atoms with Gasteiger partial charge in [-0.25, -0.2) is 4.39 Å². The van der Waals surface area contributed by atoms with E-state index in [1.807, 2.05) is 37.3 Å².